The van der Waals surface area contributed by atoms with Gasteiger partial charge in [-0.05, 0) is 43.9 Å². The number of fused-ring (bicyclic) bond motifs is 1. The zero-order valence-corrected chi connectivity index (χ0v) is 15.7. The summed E-state index contributed by atoms with van der Waals surface area (Å²) in [4.78, 5) is 28.6. The maximum absolute atomic E-state index is 11.1. The summed E-state index contributed by atoms with van der Waals surface area (Å²) < 4.78 is 0. The number of benzene rings is 1. The normalized spacial score (nSPS) is 18.7. The summed E-state index contributed by atoms with van der Waals surface area (Å²) in [7, 11) is 0. The van der Waals surface area contributed by atoms with E-state index in [1.165, 1.54) is 6.33 Å². The number of nitrogens with one attached hydrogen (secondary N) is 2. The lowest BCUT2D eigenvalue weighted by molar-refractivity contribution is -0.142. The molecule has 0 aliphatic heterocycles. The van der Waals surface area contributed by atoms with Gasteiger partial charge in [-0.1, -0.05) is 12.0 Å². The van der Waals surface area contributed by atoms with Crippen molar-refractivity contribution in [3.63, 3.8) is 0 Å². The Labute approximate surface area is 167 Å². The molecule has 1 aromatic carbocycles. The number of terminal acetylenes is 1. The van der Waals surface area contributed by atoms with Gasteiger partial charge in [-0.2, -0.15) is 0 Å². The van der Waals surface area contributed by atoms with E-state index in [0.717, 1.165) is 24.1 Å². The largest absolute Gasteiger partial charge is 0.481 e. The molecule has 0 amide bonds. The fourth-order valence-corrected chi connectivity index (χ4v) is 3.51. The third-order valence-corrected chi connectivity index (χ3v) is 5.08. The molecule has 1 aliphatic carbocycles. The van der Waals surface area contributed by atoms with E-state index in [-0.39, 0.29) is 12.0 Å². The van der Waals surface area contributed by atoms with Crippen LogP contribution in [0.4, 0.5) is 17.5 Å². The quantitative estimate of drug-likeness (QED) is 0.571. The van der Waals surface area contributed by atoms with E-state index in [9.17, 15) is 4.79 Å². The standard InChI is InChI=1S/C21H20N6O2/c1-2-13-4-3-5-16(10-13)25-19-18-17(23-12-24-19)11-22-21(27-18)26-15-8-6-14(7-9-15)20(28)29/h1,3-5,10-12,14-15H,6-9H2,(H,28,29)(H,22,26,27)(H,23,24,25)/t14-,15-. The summed E-state index contributed by atoms with van der Waals surface area (Å²) in [5.74, 6) is 2.68. The molecule has 0 atom stereocenters. The molecule has 1 fully saturated rings. The van der Waals surface area contributed by atoms with Gasteiger partial charge in [0.1, 0.15) is 17.4 Å². The summed E-state index contributed by atoms with van der Waals surface area (Å²) in [6, 6.07) is 7.63. The first-order valence-electron chi connectivity index (χ1n) is 9.43. The lowest BCUT2D eigenvalue weighted by Crippen LogP contribution is -2.29. The fourth-order valence-electron chi connectivity index (χ4n) is 3.51. The van der Waals surface area contributed by atoms with Crippen molar-refractivity contribution >= 4 is 34.5 Å². The molecule has 2 aromatic heterocycles. The van der Waals surface area contributed by atoms with Crippen LogP contribution in [0.15, 0.2) is 36.8 Å². The molecular formula is C21H20N6O2. The molecule has 146 valence electrons. The summed E-state index contributed by atoms with van der Waals surface area (Å²) in [6.45, 7) is 0. The Morgan fingerprint density at radius 1 is 1.17 bits per heavy atom. The Morgan fingerprint density at radius 2 is 2.00 bits per heavy atom. The second-order valence-corrected chi connectivity index (χ2v) is 7.03. The molecule has 2 heterocycles. The Balaban J connectivity index is 1.54. The van der Waals surface area contributed by atoms with Crippen LogP contribution in [-0.4, -0.2) is 37.1 Å². The maximum Gasteiger partial charge on any atom is 0.306 e. The number of hydrogen-bond donors (Lipinski definition) is 3. The van der Waals surface area contributed by atoms with Crippen molar-refractivity contribution in [2.75, 3.05) is 10.6 Å². The predicted molar refractivity (Wildman–Crippen MR) is 110 cm³/mol. The summed E-state index contributed by atoms with van der Waals surface area (Å²) in [5.41, 5.74) is 2.79. The molecule has 4 rings (SSSR count). The molecular weight excluding hydrogens is 368 g/mol. The Morgan fingerprint density at radius 3 is 2.76 bits per heavy atom. The number of nitrogens with zero attached hydrogens (tertiary/aromatic N) is 4. The monoisotopic (exact) mass is 388 g/mol. The van der Waals surface area contributed by atoms with Gasteiger partial charge in [-0.25, -0.2) is 19.9 Å². The van der Waals surface area contributed by atoms with Crippen LogP contribution in [0.25, 0.3) is 11.0 Å². The summed E-state index contributed by atoms with van der Waals surface area (Å²) >= 11 is 0. The fraction of sp³-hybridized carbons (Fsp3) is 0.286. The molecule has 1 aliphatic rings. The minimum atomic E-state index is -0.716. The van der Waals surface area contributed by atoms with Crippen molar-refractivity contribution < 1.29 is 9.90 Å². The number of carbonyl (C=O) groups is 1. The van der Waals surface area contributed by atoms with Crippen molar-refractivity contribution in [2.45, 2.75) is 31.7 Å². The van der Waals surface area contributed by atoms with Crippen LogP contribution >= 0.6 is 0 Å². The van der Waals surface area contributed by atoms with Crippen molar-refractivity contribution in [2.24, 2.45) is 5.92 Å². The highest BCUT2D eigenvalue weighted by Gasteiger charge is 2.26. The van der Waals surface area contributed by atoms with Gasteiger partial charge in [0.25, 0.3) is 0 Å². The lowest BCUT2D eigenvalue weighted by atomic mass is 9.86. The predicted octanol–water partition coefficient (Wildman–Crippen LogP) is 3.20. The number of carboxylic acid groups (broad SMARTS) is 1. The molecule has 3 N–H and O–H groups in total. The van der Waals surface area contributed by atoms with E-state index in [1.54, 1.807) is 6.20 Å². The maximum atomic E-state index is 11.1. The summed E-state index contributed by atoms with van der Waals surface area (Å²) in [5, 5.41) is 15.7. The molecule has 0 unspecified atom stereocenters. The van der Waals surface area contributed by atoms with E-state index in [0.29, 0.717) is 35.6 Å². The third kappa shape index (κ3) is 4.24. The van der Waals surface area contributed by atoms with Gasteiger partial charge in [0.2, 0.25) is 5.95 Å². The molecule has 8 heteroatoms. The van der Waals surface area contributed by atoms with E-state index < -0.39 is 5.97 Å². The second kappa shape index (κ2) is 8.10. The minimum Gasteiger partial charge on any atom is -0.481 e. The Bertz CT molecular complexity index is 1090. The van der Waals surface area contributed by atoms with Gasteiger partial charge in [-0.15, -0.1) is 6.42 Å². The Hall–Kier alpha value is -3.73. The van der Waals surface area contributed by atoms with Crippen LogP contribution < -0.4 is 10.6 Å². The highest BCUT2D eigenvalue weighted by Crippen LogP contribution is 2.27. The van der Waals surface area contributed by atoms with Gasteiger partial charge in [0.05, 0.1) is 12.1 Å². The number of aromatic nitrogens is 4. The van der Waals surface area contributed by atoms with E-state index >= 15 is 0 Å². The smallest absolute Gasteiger partial charge is 0.306 e. The molecule has 0 radical (unpaired) electrons. The first-order valence-corrected chi connectivity index (χ1v) is 9.43. The molecule has 3 aromatic rings. The topological polar surface area (TPSA) is 113 Å². The molecule has 29 heavy (non-hydrogen) atoms. The van der Waals surface area contributed by atoms with E-state index in [2.05, 4.69) is 36.5 Å². The number of aliphatic carboxylic acids is 1. The van der Waals surface area contributed by atoms with Crippen molar-refractivity contribution in [3.05, 3.63) is 42.4 Å². The molecule has 0 spiro atoms. The lowest BCUT2D eigenvalue weighted by Gasteiger charge is -2.26. The molecule has 0 saturated heterocycles. The van der Waals surface area contributed by atoms with Crippen LogP contribution in [0, 0.1) is 18.3 Å². The number of carboxylic acids is 1. The molecule has 0 bridgehead atoms. The third-order valence-electron chi connectivity index (χ3n) is 5.08. The van der Waals surface area contributed by atoms with Crippen LogP contribution in [-0.2, 0) is 4.79 Å². The highest BCUT2D eigenvalue weighted by molar-refractivity contribution is 5.87. The highest BCUT2D eigenvalue weighted by atomic mass is 16.4. The van der Waals surface area contributed by atoms with Crippen LogP contribution in [0.2, 0.25) is 0 Å². The van der Waals surface area contributed by atoms with Crippen LogP contribution in [0.1, 0.15) is 31.2 Å². The van der Waals surface area contributed by atoms with Crippen LogP contribution in [0.3, 0.4) is 0 Å². The molecule has 8 nitrogen and oxygen atoms in total. The van der Waals surface area contributed by atoms with Crippen LogP contribution in [0.5, 0.6) is 0 Å². The number of hydrogen-bond acceptors (Lipinski definition) is 7. The first kappa shape index (κ1) is 18.6. The van der Waals surface area contributed by atoms with Gasteiger partial charge < -0.3 is 15.7 Å². The van der Waals surface area contributed by atoms with Gasteiger partial charge in [-0.3, -0.25) is 4.79 Å². The van der Waals surface area contributed by atoms with Gasteiger partial charge in [0.15, 0.2) is 5.82 Å². The van der Waals surface area contributed by atoms with E-state index in [4.69, 9.17) is 11.5 Å². The van der Waals surface area contributed by atoms with Gasteiger partial charge in [0, 0.05) is 17.3 Å². The zero-order chi connectivity index (χ0) is 20.2. The van der Waals surface area contributed by atoms with Crippen molar-refractivity contribution in [1.82, 2.24) is 19.9 Å². The van der Waals surface area contributed by atoms with Gasteiger partial charge >= 0.3 is 5.97 Å². The average Bonchev–Trinajstić information content (AvgIpc) is 2.75. The van der Waals surface area contributed by atoms with E-state index in [1.807, 2.05) is 24.3 Å². The minimum absolute atomic E-state index is 0.149. The average molecular weight is 388 g/mol. The SMILES string of the molecule is C#Cc1cccc(Nc2ncnc3cnc(N[C@H]4CC[C@H](C(=O)O)CC4)nc23)c1. The molecule has 1 saturated carbocycles. The second-order valence-electron chi connectivity index (χ2n) is 7.03. The van der Waals surface area contributed by atoms with Crippen molar-refractivity contribution in [1.29, 1.82) is 0 Å². The number of anilines is 3. The Kier molecular flexibility index (Phi) is 5.20. The van der Waals surface area contributed by atoms with Crippen molar-refractivity contribution in [3.8, 4) is 12.3 Å². The summed E-state index contributed by atoms with van der Waals surface area (Å²) in [6.07, 6.45) is 11.4. The number of rotatable bonds is 5. The zero-order valence-electron chi connectivity index (χ0n) is 15.7. The first-order chi connectivity index (χ1) is 14.1.